The first-order valence-electron chi connectivity index (χ1n) is 21.5. The smallest absolute Gasteiger partial charge is 0.0714 e. The third kappa shape index (κ3) is 5.63. The molecule has 1 heteroatoms. The molecule has 12 rings (SSSR count). The predicted molar refractivity (Wildman–Crippen MR) is 262 cm³/mol. The zero-order valence-electron chi connectivity index (χ0n) is 34.1. The summed E-state index contributed by atoms with van der Waals surface area (Å²) in [6.45, 7) is 0. The van der Waals surface area contributed by atoms with Crippen LogP contribution in [0.1, 0.15) is 22.3 Å². The van der Waals surface area contributed by atoms with Gasteiger partial charge in [0, 0.05) is 16.9 Å². The molecule has 0 radical (unpaired) electrons. The summed E-state index contributed by atoms with van der Waals surface area (Å²) in [6, 6.07) is 91.7. The molecule has 62 heavy (non-hydrogen) atoms. The van der Waals surface area contributed by atoms with Gasteiger partial charge in [-0.15, -0.1) is 0 Å². The highest BCUT2D eigenvalue weighted by atomic mass is 15.1. The standard InChI is InChI=1S/C61H41N/c1-3-19-47(20-4-1)61(48-21-5-2-6-22-48)58-28-13-11-26-56(58)57-39-37-50(41-59(57)61)62(49-35-32-44(33-36-49)53-27-15-18-42-16-7-9-23-51(42)53)60-29-14-12-25-55(60)46-34-38-54-45(40-46)31-30-43-17-8-10-24-52(43)54/h1-41H. The summed E-state index contributed by atoms with van der Waals surface area (Å²) in [5.41, 5.74) is 15.2. The normalized spacial score (nSPS) is 12.6. The van der Waals surface area contributed by atoms with E-state index in [1.807, 2.05) is 0 Å². The minimum atomic E-state index is -0.519. The van der Waals surface area contributed by atoms with Gasteiger partial charge in [-0.2, -0.15) is 0 Å². The molecule has 11 aromatic carbocycles. The molecule has 0 atom stereocenters. The second-order valence-corrected chi connectivity index (χ2v) is 16.4. The molecule has 0 aromatic heterocycles. The molecule has 0 aliphatic heterocycles. The van der Waals surface area contributed by atoms with Crippen LogP contribution in [-0.4, -0.2) is 0 Å². The van der Waals surface area contributed by atoms with Crippen LogP contribution in [0.2, 0.25) is 0 Å². The SMILES string of the molecule is c1ccc(C2(c3ccccc3)c3ccccc3-c3ccc(N(c4ccc(-c5cccc6ccccc56)cc4)c4ccccc4-c4ccc5c(ccc6ccccc65)c4)cc32)cc1. The molecule has 0 saturated carbocycles. The zero-order valence-corrected chi connectivity index (χ0v) is 34.1. The highest BCUT2D eigenvalue weighted by molar-refractivity contribution is 6.09. The fourth-order valence-electron chi connectivity index (χ4n) is 10.4. The molecule has 1 aliphatic rings. The Morgan fingerprint density at radius 2 is 0.806 bits per heavy atom. The van der Waals surface area contributed by atoms with Crippen molar-refractivity contribution in [3.63, 3.8) is 0 Å². The Labute approximate surface area is 362 Å². The average Bonchev–Trinajstić information content (AvgIpc) is 3.65. The summed E-state index contributed by atoms with van der Waals surface area (Å²) < 4.78 is 0. The molecule has 0 fully saturated rings. The van der Waals surface area contributed by atoms with E-state index in [0.717, 1.165) is 17.1 Å². The molecule has 0 bridgehead atoms. The van der Waals surface area contributed by atoms with Crippen LogP contribution in [0.15, 0.2) is 249 Å². The van der Waals surface area contributed by atoms with E-state index in [1.165, 1.54) is 88.0 Å². The van der Waals surface area contributed by atoms with Gasteiger partial charge in [-0.25, -0.2) is 0 Å². The first-order valence-corrected chi connectivity index (χ1v) is 21.5. The second kappa shape index (κ2) is 14.6. The summed E-state index contributed by atoms with van der Waals surface area (Å²) >= 11 is 0. The highest BCUT2D eigenvalue weighted by Gasteiger charge is 2.46. The van der Waals surface area contributed by atoms with Crippen LogP contribution < -0.4 is 4.90 Å². The van der Waals surface area contributed by atoms with Crippen molar-refractivity contribution in [2.45, 2.75) is 5.41 Å². The van der Waals surface area contributed by atoms with Crippen molar-refractivity contribution < 1.29 is 0 Å². The Balaban J connectivity index is 1.09. The molecule has 1 nitrogen and oxygen atoms in total. The topological polar surface area (TPSA) is 3.24 Å². The number of hydrogen-bond acceptors (Lipinski definition) is 1. The van der Waals surface area contributed by atoms with Crippen LogP contribution in [0.4, 0.5) is 17.1 Å². The number of nitrogens with zero attached hydrogens (tertiary/aromatic N) is 1. The molecular formula is C61H41N. The van der Waals surface area contributed by atoms with Crippen LogP contribution in [0, 0.1) is 0 Å². The second-order valence-electron chi connectivity index (χ2n) is 16.4. The van der Waals surface area contributed by atoms with Gasteiger partial charge in [0.15, 0.2) is 0 Å². The van der Waals surface area contributed by atoms with Gasteiger partial charge in [0.1, 0.15) is 0 Å². The van der Waals surface area contributed by atoms with Gasteiger partial charge < -0.3 is 4.90 Å². The lowest BCUT2D eigenvalue weighted by Gasteiger charge is -2.35. The van der Waals surface area contributed by atoms with Crippen molar-refractivity contribution in [2.75, 3.05) is 4.90 Å². The Bertz CT molecular complexity index is 3410. The summed E-state index contributed by atoms with van der Waals surface area (Å²) in [5, 5.41) is 7.52. The van der Waals surface area contributed by atoms with Crippen LogP contribution >= 0.6 is 0 Å². The Morgan fingerprint density at radius 3 is 1.58 bits per heavy atom. The average molecular weight is 788 g/mol. The lowest BCUT2D eigenvalue weighted by Crippen LogP contribution is -2.28. The summed E-state index contributed by atoms with van der Waals surface area (Å²) in [4.78, 5) is 2.47. The van der Waals surface area contributed by atoms with Gasteiger partial charge in [-0.1, -0.05) is 212 Å². The fourth-order valence-corrected chi connectivity index (χ4v) is 10.4. The molecule has 0 amide bonds. The van der Waals surface area contributed by atoms with E-state index in [2.05, 4.69) is 254 Å². The van der Waals surface area contributed by atoms with Gasteiger partial charge in [0.25, 0.3) is 0 Å². The molecule has 0 saturated heterocycles. The number of fused-ring (bicyclic) bond motifs is 7. The number of benzene rings is 11. The molecule has 0 heterocycles. The largest absolute Gasteiger partial charge is 0.310 e. The number of anilines is 3. The third-order valence-corrected chi connectivity index (χ3v) is 13.1. The first-order chi connectivity index (χ1) is 30.8. The van der Waals surface area contributed by atoms with Crippen molar-refractivity contribution in [1.29, 1.82) is 0 Å². The minimum Gasteiger partial charge on any atom is -0.310 e. The Kier molecular flexibility index (Phi) is 8.47. The monoisotopic (exact) mass is 787 g/mol. The third-order valence-electron chi connectivity index (χ3n) is 13.1. The van der Waals surface area contributed by atoms with Crippen LogP contribution in [-0.2, 0) is 5.41 Å². The van der Waals surface area contributed by atoms with E-state index in [9.17, 15) is 0 Å². The molecule has 0 spiro atoms. The maximum absolute atomic E-state index is 2.47. The molecule has 1 aliphatic carbocycles. The van der Waals surface area contributed by atoms with Crippen molar-refractivity contribution >= 4 is 49.4 Å². The van der Waals surface area contributed by atoms with Gasteiger partial charge in [0.2, 0.25) is 0 Å². The highest BCUT2D eigenvalue weighted by Crippen LogP contribution is 2.57. The lowest BCUT2D eigenvalue weighted by molar-refractivity contribution is 0.768. The van der Waals surface area contributed by atoms with Gasteiger partial charge in [0.05, 0.1) is 11.1 Å². The van der Waals surface area contributed by atoms with Crippen molar-refractivity contribution in [3.8, 4) is 33.4 Å². The van der Waals surface area contributed by atoms with Crippen molar-refractivity contribution in [3.05, 3.63) is 271 Å². The molecule has 0 unspecified atom stereocenters. The summed E-state index contributed by atoms with van der Waals surface area (Å²) in [6.07, 6.45) is 0. The predicted octanol–water partition coefficient (Wildman–Crippen LogP) is 16.3. The van der Waals surface area contributed by atoms with Crippen molar-refractivity contribution in [2.24, 2.45) is 0 Å². The van der Waals surface area contributed by atoms with Crippen LogP contribution in [0.3, 0.4) is 0 Å². The quantitative estimate of drug-likeness (QED) is 0.145. The molecule has 0 N–H and O–H groups in total. The number of para-hydroxylation sites is 1. The van der Waals surface area contributed by atoms with E-state index in [1.54, 1.807) is 0 Å². The lowest BCUT2D eigenvalue weighted by atomic mass is 9.67. The van der Waals surface area contributed by atoms with Crippen molar-refractivity contribution in [1.82, 2.24) is 0 Å². The molecule has 290 valence electrons. The summed E-state index contributed by atoms with van der Waals surface area (Å²) in [7, 11) is 0. The number of rotatable bonds is 7. The van der Waals surface area contributed by atoms with E-state index < -0.39 is 5.41 Å². The van der Waals surface area contributed by atoms with Gasteiger partial charge in [-0.3, -0.25) is 0 Å². The number of hydrogen-bond donors (Lipinski definition) is 0. The van der Waals surface area contributed by atoms with Crippen LogP contribution in [0.5, 0.6) is 0 Å². The zero-order chi connectivity index (χ0) is 41.0. The maximum atomic E-state index is 2.47. The van der Waals surface area contributed by atoms with E-state index in [4.69, 9.17) is 0 Å². The Hall–Kier alpha value is -8.00. The first kappa shape index (κ1) is 35.9. The fraction of sp³-hybridized carbons (Fsp3) is 0.0164. The summed E-state index contributed by atoms with van der Waals surface area (Å²) in [5.74, 6) is 0. The Morgan fingerprint density at radius 1 is 0.274 bits per heavy atom. The minimum absolute atomic E-state index is 0.519. The van der Waals surface area contributed by atoms with E-state index in [0.29, 0.717) is 0 Å². The molecular weight excluding hydrogens is 747 g/mol. The molecule has 11 aromatic rings. The van der Waals surface area contributed by atoms with Gasteiger partial charge in [-0.05, 0) is 119 Å². The van der Waals surface area contributed by atoms with Gasteiger partial charge >= 0.3 is 0 Å². The van der Waals surface area contributed by atoms with E-state index >= 15 is 0 Å². The maximum Gasteiger partial charge on any atom is 0.0714 e. The van der Waals surface area contributed by atoms with E-state index in [-0.39, 0.29) is 0 Å². The van der Waals surface area contributed by atoms with Crippen LogP contribution in [0.25, 0.3) is 65.7 Å².